The average Bonchev–Trinajstić information content (AvgIpc) is 2.74. The van der Waals surface area contributed by atoms with Crippen molar-refractivity contribution < 1.29 is 22.6 Å². The van der Waals surface area contributed by atoms with Crippen LogP contribution in [0.2, 0.25) is 0 Å². The molecule has 0 spiro atoms. The lowest BCUT2D eigenvalue weighted by Gasteiger charge is -2.29. The van der Waals surface area contributed by atoms with Crippen molar-refractivity contribution in [3.8, 4) is 11.8 Å². The number of ether oxygens (including phenoxy) is 2. The van der Waals surface area contributed by atoms with Gasteiger partial charge < -0.3 is 9.47 Å². The molecule has 0 N–H and O–H groups in total. The van der Waals surface area contributed by atoms with Crippen LogP contribution in [0, 0.1) is 35.2 Å². The highest BCUT2D eigenvalue weighted by molar-refractivity contribution is 5.84. The largest absolute Gasteiger partial charge is 0.348 e. The summed E-state index contributed by atoms with van der Waals surface area (Å²) in [5.41, 5.74) is 0.578. The fourth-order valence-electron chi connectivity index (χ4n) is 3.59. The van der Waals surface area contributed by atoms with Crippen LogP contribution in [0.15, 0.2) is 48.5 Å². The molecule has 1 saturated heterocycles. The van der Waals surface area contributed by atoms with E-state index in [0.717, 1.165) is 23.6 Å². The maximum atomic E-state index is 14.6. The second-order valence-corrected chi connectivity index (χ2v) is 7.47. The van der Waals surface area contributed by atoms with E-state index in [4.69, 9.17) is 9.47 Å². The van der Waals surface area contributed by atoms with Crippen LogP contribution in [0.1, 0.15) is 42.7 Å². The monoisotopic (exact) mass is 410 g/mol. The Morgan fingerprint density at radius 3 is 2.23 bits per heavy atom. The predicted octanol–water partition coefficient (Wildman–Crippen LogP) is 6.12. The smallest absolute Gasteiger partial charge is 0.184 e. The molecule has 1 heterocycles. The fraction of sp³-hybridized carbons (Fsp3) is 0.280. The van der Waals surface area contributed by atoms with Crippen LogP contribution in [0.3, 0.4) is 0 Å². The number of benzene rings is 3. The molecule has 4 rings (SSSR count). The summed E-state index contributed by atoms with van der Waals surface area (Å²) in [4.78, 5) is 0. The molecule has 0 aromatic heterocycles. The molecule has 154 valence electrons. The first kappa shape index (κ1) is 20.5. The first-order chi connectivity index (χ1) is 14.5. The molecule has 1 fully saturated rings. The van der Waals surface area contributed by atoms with Crippen LogP contribution in [0.4, 0.5) is 13.2 Å². The zero-order valence-electron chi connectivity index (χ0n) is 16.6. The van der Waals surface area contributed by atoms with E-state index in [2.05, 4.69) is 18.8 Å². The van der Waals surface area contributed by atoms with Gasteiger partial charge in [-0.25, -0.2) is 13.2 Å². The highest BCUT2D eigenvalue weighted by atomic mass is 19.1. The van der Waals surface area contributed by atoms with Crippen LogP contribution in [0.25, 0.3) is 10.8 Å². The first-order valence-corrected chi connectivity index (χ1v) is 9.97. The molecular formula is C25H21F3O2. The van der Waals surface area contributed by atoms with Crippen molar-refractivity contribution in [2.45, 2.75) is 26.1 Å². The summed E-state index contributed by atoms with van der Waals surface area (Å²) in [6, 6.07) is 12.0. The Balaban J connectivity index is 1.54. The molecule has 5 heteroatoms. The SMILES string of the molecule is CCCC1COC(c2cc(F)c(C#Cc3ccc4cc(F)ccc4c3)c(F)c2)OC1. The van der Waals surface area contributed by atoms with Crippen molar-refractivity contribution in [3.63, 3.8) is 0 Å². The van der Waals surface area contributed by atoms with Gasteiger partial charge >= 0.3 is 0 Å². The molecule has 0 amide bonds. The predicted molar refractivity (Wildman–Crippen MR) is 109 cm³/mol. The molecule has 1 aliphatic heterocycles. The van der Waals surface area contributed by atoms with Crippen molar-refractivity contribution in [2.24, 2.45) is 5.92 Å². The Hall–Kier alpha value is -2.81. The molecule has 0 aliphatic carbocycles. The number of halogens is 3. The zero-order valence-corrected chi connectivity index (χ0v) is 16.6. The van der Waals surface area contributed by atoms with Gasteiger partial charge in [-0.3, -0.25) is 0 Å². The minimum Gasteiger partial charge on any atom is -0.348 e. The van der Waals surface area contributed by atoms with E-state index >= 15 is 0 Å². The van der Waals surface area contributed by atoms with Crippen LogP contribution >= 0.6 is 0 Å². The minimum absolute atomic E-state index is 0.304. The third kappa shape index (κ3) is 4.51. The molecule has 0 bridgehead atoms. The van der Waals surface area contributed by atoms with Crippen LogP contribution in [0.5, 0.6) is 0 Å². The Morgan fingerprint density at radius 1 is 0.867 bits per heavy atom. The Morgan fingerprint density at radius 2 is 1.53 bits per heavy atom. The molecule has 30 heavy (non-hydrogen) atoms. The molecule has 0 unspecified atom stereocenters. The van der Waals surface area contributed by atoms with Crippen LogP contribution in [-0.2, 0) is 9.47 Å². The second-order valence-electron chi connectivity index (χ2n) is 7.47. The molecular weight excluding hydrogens is 389 g/mol. The molecule has 3 aromatic rings. The van der Waals surface area contributed by atoms with Gasteiger partial charge in [-0.05, 0) is 53.6 Å². The Bertz CT molecular complexity index is 1100. The lowest BCUT2D eigenvalue weighted by Crippen LogP contribution is -2.27. The summed E-state index contributed by atoms with van der Waals surface area (Å²) in [6.07, 6.45) is 1.26. The van der Waals surface area contributed by atoms with Crippen LogP contribution < -0.4 is 0 Å². The van der Waals surface area contributed by atoms with E-state index in [-0.39, 0.29) is 11.4 Å². The van der Waals surface area contributed by atoms with E-state index < -0.39 is 17.9 Å². The van der Waals surface area contributed by atoms with E-state index in [9.17, 15) is 13.2 Å². The molecule has 0 saturated carbocycles. The van der Waals surface area contributed by atoms with Crippen molar-refractivity contribution in [1.29, 1.82) is 0 Å². The zero-order chi connectivity index (χ0) is 21.1. The maximum Gasteiger partial charge on any atom is 0.184 e. The summed E-state index contributed by atoms with van der Waals surface area (Å²) in [5, 5.41) is 1.53. The van der Waals surface area contributed by atoms with Gasteiger partial charge in [-0.15, -0.1) is 0 Å². The summed E-state index contributed by atoms with van der Waals surface area (Å²) < 4.78 is 53.7. The quantitative estimate of drug-likeness (QED) is 0.485. The first-order valence-electron chi connectivity index (χ1n) is 9.97. The van der Waals surface area contributed by atoms with E-state index in [0.29, 0.717) is 30.3 Å². The summed E-state index contributed by atoms with van der Waals surface area (Å²) in [6.45, 7) is 3.11. The van der Waals surface area contributed by atoms with Gasteiger partial charge in [-0.2, -0.15) is 0 Å². The van der Waals surface area contributed by atoms with E-state index in [1.165, 1.54) is 24.3 Å². The molecule has 3 aromatic carbocycles. The summed E-state index contributed by atoms with van der Waals surface area (Å²) >= 11 is 0. The van der Waals surface area contributed by atoms with Gasteiger partial charge in [0.05, 0.1) is 18.8 Å². The fourth-order valence-corrected chi connectivity index (χ4v) is 3.59. The lowest BCUT2D eigenvalue weighted by molar-refractivity contribution is -0.206. The molecule has 0 atom stereocenters. The van der Waals surface area contributed by atoms with Gasteiger partial charge in [0.25, 0.3) is 0 Å². The van der Waals surface area contributed by atoms with Crippen molar-refractivity contribution in [3.05, 3.63) is 82.7 Å². The maximum absolute atomic E-state index is 14.6. The van der Waals surface area contributed by atoms with Gasteiger partial charge in [0.2, 0.25) is 0 Å². The van der Waals surface area contributed by atoms with Gasteiger partial charge in [0.1, 0.15) is 17.5 Å². The topological polar surface area (TPSA) is 18.5 Å². The number of rotatable bonds is 3. The van der Waals surface area contributed by atoms with Gasteiger partial charge in [0, 0.05) is 17.0 Å². The third-order valence-corrected chi connectivity index (χ3v) is 5.13. The van der Waals surface area contributed by atoms with E-state index in [1.54, 1.807) is 24.3 Å². The van der Waals surface area contributed by atoms with Crippen LogP contribution in [-0.4, -0.2) is 13.2 Å². The average molecular weight is 410 g/mol. The highest BCUT2D eigenvalue weighted by Gasteiger charge is 2.24. The Labute approximate surface area is 173 Å². The minimum atomic E-state index is -0.773. The molecule has 1 aliphatic rings. The van der Waals surface area contributed by atoms with Gasteiger partial charge in [-0.1, -0.05) is 37.3 Å². The number of hydrogen-bond donors (Lipinski definition) is 0. The molecule has 0 radical (unpaired) electrons. The molecule has 2 nitrogen and oxygen atoms in total. The number of fused-ring (bicyclic) bond motifs is 1. The number of hydrogen-bond acceptors (Lipinski definition) is 2. The third-order valence-electron chi connectivity index (χ3n) is 5.13. The normalized spacial score (nSPS) is 18.8. The van der Waals surface area contributed by atoms with Gasteiger partial charge in [0.15, 0.2) is 6.29 Å². The van der Waals surface area contributed by atoms with Crippen molar-refractivity contribution in [1.82, 2.24) is 0 Å². The van der Waals surface area contributed by atoms with Crippen molar-refractivity contribution >= 4 is 10.8 Å². The Kier molecular flexibility index (Phi) is 6.08. The lowest BCUT2D eigenvalue weighted by atomic mass is 10.0. The van der Waals surface area contributed by atoms with E-state index in [1.807, 2.05) is 0 Å². The summed E-state index contributed by atoms with van der Waals surface area (Å²) in [7, 11) is 0. The second kappa shape index (κ2) is 8.91. The standard InChI is InChI=1S/C25H21F3O2/c1-2-3-17-14-29-25(30-15-17)20-12-23(27)22(24(28)13-20)9-5-16-4-6-19-11-21(26)8-7-18(19)10-16/h4,6-8,10-13,17,25H,2-3,14-15H2,1H3. The summed E-state index contributed by atoms with van der Waals surface area (Å²) in [5.74, 6) is 3.82. The van der Waals surface area contributed by atoms with Crippen molar-refractivity contribution in [2.75, 3.05) is 13.2 Å². The highest BCUT2D eigenvalue weighted by Crippen LogP contribution is 2.29.